The van der Waals surface area contributed by atoms with Gasteiger partial charge in [0.1, 0.15) is 11.5 Å². The maximum Gasteiger partial charge on any atom is 0.256 e. The van der Waals surface area contributed by atoms with Gasteiger partial charge in [0.25, 0.3) is 13.4 Å². The summed E-state index contributed by atoms with van der Waals surface area (Å²) in [5.74, 6) is 1.63. The third-order valence-corrected chi connectivity index (χ3v) is 26.3. The van der Waals surface area contributed by atoms with E-state index in [-0.39, 0.29) is 13.4 Å². The van der Waals surface area contributed by atoms with Gasteiger partial charge in [-0.2, -0.15) is 0 Å². The van der Waals surface area contributed by atoms with Crippen LogP contribution in [-0.2, 0) is 0 Å². The van der Waals surface area contributed by atoms with Gasteiger partial charge in [0.2, 0.25) is 0 Å². The second kappa shape index (κ2) is 27.8. The summed E-state index contributed by atoms with van der Waals surface area (Å²) >= 11 is 0. The van der Waals surface area contributed by atoms with Crippen LogP contribution in [0.25, 0.3) is 105 Å². The highest BCUT2D eigenvalue weighted by Gasteiger charge is 2.49. The molecular formula is C112H86B2N4O. The fraction of sp³-hybridized carbons (Fsp3) is 0.0893. The quantitative estimate of drug-likeness (QED) is 0.120. The molecule has 22 rings (SSSR count). The molecule has 5 nitrogen and oxygen atoms in total. The normalized spacial score (nSPS) is 12.8. The molecule has 5 heterocycles. The smallest absolute Gasteiger partial charge is 0.256 e. The number of hydrogen-bond acceptors (Lipinski definition) is 4. The number of anilines is 9. The Labute approximate surface area is 698 Å². The third-order valence-electron chi connectivity index (χ3n) is 26.3. The maximum atomic E-state index is 8.22. The monoisotopic (exact) mass is 1520 g/mol. The third kappa shape index (κ3) is 11.2. The summed E-state index contributed by atoms with van der Waals surface area (Å²) in [6.45, 7) is 22.0. The number of ether oxygens (including phenoxy) is 1. The molecule has 1 aromatic heterocycles. The molecule has 0 amide bonds. The number of para-hydroxylation sites is 3. The van der Waals surface area contributed by atoms with Crippen molar-refractivity contribution in [2.24, 2.45) is 0 Å². The van der Waals surface area contributed by atoms with E-state index in [0.29, 0.717) is 0 Å². The van der Waals surface area contributed by atoms with Crippen molar-refractivity contribution in [3.05, 3.63) is 395 Å². The molecule has 4 aliphatic rings. The SMILES string of the molecule is Cc1cccc(C)c1-c1ccc(N2c3ccc(-c4c(C)cccc4C)cc3B3c4cc5c(cc4N(c4c(-c6ccccc6)cccc4-c4ccccc4)c4cc(-c6c(C)cccc6C)cc2c43)Oc2cc(-n3c4ccc(-c6c(C)cccc6C)cc4c4cc(-c6c(C)cccc6C)ccc43)cc3c2B5c2ccccc2N3c2ccccc2)cc1. The first-order valence-corrected chi connectivity index (χ1v) is 41.8. The predicted molar refractivity (Wildman–Crippen MR) is 506 cm³/mol. The fourth-order valence-electron chi connectivity index (χ4n) is 21.2. The Morgan fingerprint density at radius 2 is 0.613 bits per heavy atom. The van der Waals surface area contributed by atoms with Crippen molar-refractivity contribution in [3.8, 4) is 95.1 Å². The second-order valence-electron chi connectivity index (χ2n) is 33.5. The van der Waals surface area contributed by atoms with E-state index in [0.717, 1.165) is 118 Å². The number of rotatable bonds is 11. The van der Waals surface area contributed by atoms with E-state index in [9.17, 15) is 0 Å². The molecule has 0 spiro atoms. The first kappa shape index (κ1) is 71.4. The molecule has 0 bridgehead atoms. The van der Waals surface area contributed by atoms with Crippen LogP contribution in [0.4, 0.5) is 51.2 Å². The zero-order valence-corrected chi connectivity index (χ0v) is 68.7. The van der Waals surface area contributed by atoms with Crippen molar-refractivity contribution >= 4 is 119 Å². The number of aryl methyl sites for hydroxylation is 10. The Bertz CT molecular complexity index is 7020. The highest BCUT2D eigenvalue weighted by molar-refractivity contribution is 7.02. The summed E-state index contributed by atoms with van der Waals surface area (Å²) in [7, 11) is 0. The van der Waals surface area contributed by atoms with Crippen LogP contribution >= 0.6 is 0 Å². The zero-order chi connectivity index (χ0) is 80.3. The maximum absolute atomic E-state index is 8.22. The number of nitrogens with zero attached hydrogens (tertiary/aromatic N) is 4. The van der Waals surface area contributed by atoms with Gasteiger partial charge in [-0.05, 0) is 303 Å². The zero-order valence-electron chi connectivity index (χ0n) is 68.7. The lowest BCUT2D eigenvalue weighted by Gasteiger charge is -2.46. The van der Waals surface area contributed by atoms with Crippen LogP contribution in [0.3, 0.4) is 0 Å². The summed E-state index contributed by atoms with van der Waals surface area (Å²) < 4.78 is 10.7. The minimum Gasteiger partial charge on any atom is -0.458 e. The average Bonchev–Trinajstić information content (AvgIpc) is 1.60. The lowest BCUT2D eigenvalue weighted by Crippen LogP contribution is -2.64. The van der Waals surface area contributed by atoms with Crippen LogP contribution in [0.2, 0.25) is 0 Å². The molecule has 17 aromatic carbocycles. The Hall–Kier alpha value is -14.1. The molecule has 4 aliphatic heterocycles. The van der Waals surface area contributed by atoms with E-state index < -0.39 is 0 Å². The molecule has 0 aliphatic carbocycles. The highest BCUT2D eigenvalue weighted by Crippen LogP contribution is 2.54. The van der Waals surface area contributed by atoms with Crippen molar-refractivity contribution in [2.75, 3.05) is 14.7 Å². The molecule has 18 aromatic rings. The molecule has 0 radical (unpaired) electrons. The van der Waals surface area contributed by atoms with E-state index >= 15 is 0 Å². The first-order chi connectivity index (χ1) is 58.2. The predicted octanol–water partition coefficient (Wildman–Crippen LogP) is 26.0. The van der Waals surface area contributed by atoms with Gasteiger partial charge in [0.05, 0.1) is 22.4 Å². The number of benzene rings is 17. The van der Waals surface area contributed by atoms with Crippen LogP contribution in [-0.4, -0.2) is 18.0 Å². The molecule has 566 valence electrons. The van der Waals surface area contributed by atoms with Crippen molar-refractivity contribution in [3.63, 3.8) is 0 Å². The largest absolute Gasteiger partial charge is 0.458 e. The van der Waals surface area contributed by atoms with E-state index in [1.165, 1.54) is 138 Å². The topological polar surface area (TPSA) is 23.9 Å². The molecule has 0 saturated carbocycles. The van der Waals surface area contributed by atoms with Gasteiger partial charge < -0.3 is 24.0 Å². The summed E-state index contributed by atoms with van der Waals surface area (Å²) in [4.78, 5) is 7.80. The first-order valence-electron chi connectivity index (χ1n) is 41.8. The van der Waals surface area contributed by atoms with Gasteiger partial charge in [0.15, 0.2) is 0 Å². The molecule has 119 heavy (non-hydrogen) atoms. The minimum atomic E-state index is -0.305. The summed E-state index contributed by atoms with van der Waals surface area (Å²) in [6, 6.07) is 129. The average molecular weight is 1530 g/mol. The van der Waals surface area contributed by atoms with Gasteiger partial charge >= 0.3 is 0 Å². The van der Waals surface area contributed by atoms with E-state index in [4.69, 9.17) is 4.74 Å². The Kier molecular flexibility index (Phi) is 16.7. The summed E-state index contributed by atoms with van der Waals surface area (Å²) in [5, 5.41) is 2.38. The van der Waals surface area contributed by atoms with Gasteiger partial charge in [-0.3, -0.25) is 0 Å². The van der Waals surface area contributed by atoms with Crippen molar-refractivity contribution in [2.45, 2.75) is 69.2 Å². The molecule has 7 heteroatoms. The molecule has 0 fully saturated rings. The lowest BCUT2D eigenvalue weighted by atomic mass is 9.30. The van der Waals surface area contributed by atoms with Crippen LogP contribution in [0.15, 0.2) is 340 Å². The summed E-state index contributed by atoms with van der Waals surface area (Å²) in [6.07, 6.45) is 0. The Morgan fingerprint density at radius 1 is 0.218 bits per heavy atom. The van der Waals surface area contributed by atoms with Gasteiger partial charge in [-0.25, -0.2) is 0 Å². The highest BCUT2D eigenvalue weighted by atomic mass is 16.5. The standard InChI is InChI=1S/C112H86B2N4O/c1-67-28-22-29-68(2)105(67)79-48-53-85(54-49-79)116-98-57-52-82(108-73(7)34-25-35-74(108)8)60-92(98)114-93-65-94-103(66-99(93)118(101-62-83(61-100(116)110(101)114)109-75(9)36-26-37-76(109)10)112-87(77-38-14-11-15-39-77)44-27-45-88(112)78-40-16-12-17-41-78)119-104-64-86(63-102-111(104)113(94)91-46-20-21-47-97(91)115(102)84-42-18-13-19-43-84)117-95-55-50-80(106-69(3)30-23-31-70(106)4)58-89(95)90-59-81(51-56-96(90)117)107-71(5)32-24-33-72(107)6/h11-66H,1-10H3. The van der Waals surface area contributed by atoms with Crippen LogP contribution in [0.1, 0.15) is 55.6 Å². The summed E-state index contributed by atoms with van der Waals surface area (Å²) in [5.41, 5.74) is 49.4. The van der Waals surface area contributed by atoms with E-state index in [1.54, 1.807) is 0 Å². The van der Waals surface area contributed by atoms with Crippen molar-refractivity contribution in [1.29, 1.82) is 0 Å². The van der Waals surface area contributed by atoms with E-state index in [2.05, 4.69) is 428 Å². The van der Waals surface area contributed by atoms with Crippen LogP contribution in [0, 0.1) is 69.2 Å². The molecule has 0 unspecified atom stereocenters. The van der Waals surface area contributed by atoms with Gasteiger partial charge in [-0.1, -0.05) is 249 Å². The Morgan fingerprint density at radius 3 is 1.13 bits per heavy atom. The number of fused-ring (bicyclic) bond motifs is 11. The van der Waals surface area contributed by atoms with Crippen molar-refractivity contribution in [1.82, 2.24) is 4.57 Å². The Balaban J connectivity index is 0.855. The lowest BCUT2D eigenvalue weighted by molar-refractivity contribution is 0.487. The molecule has 0 N–H and O–H groups in total. The van der Waals surface area contributed by atoms with Gasteiger partial charge in [-0.15, -0.1) is 0 Å². The van der Waals surface area contributed by atoms with E-state index in [1.807, 2.05) is 0 Å². The molecule has 0 atom stereocenters. The van der Waals surface area contributed by atoms with Crippen LogP contribution < -0.4 is 52.2 Å². The van der Waals surface area contributed by atoms with Crippen molar-refractivity contribution < 1.29 is 4.74 Å². The van der Waals surface area contributed by atoms with Crippen LogP contribution in [0.5, 0.6) is 11.5 Å². The fourth-order valence-corrected chi connectivity index (χ4v) is 21.2. The second-order valence-corrected chi connectivity index (χ2v) is 33.5. The minimum absolute atomic E-state index is 0.273. The number of aromatic nitrogens is 1. The molecular weight excluding hydrogens is 1440 g/mol. The molecule has 0 saturated heterocycles. The number of hydrogen-bond donors (Lipinski definition) is 0. The van der Waals surface area contributed by atoms with Gasteiger partial charge in [0, 0.05) is 79.5 Å².